The lowest BCUT2D eigenvalue weighted by molar-refractivity contribution is -0.140. The lowest BCUT2D eigenvalue weighted by Gasteiger charge is -2.28. The van der Waals surface area contributed by atoms with Crippen LogP contribution in [-0.2, 0) is 32.1 Å². The molecule has 2 aliphatic rings. The largest absolute Gasteiger partial charge is 0.491 e. The van der Waals surface area contributed by atoms with E-state index in [-0.39, 0.29) is 80.6 Å². The smallest absolute Gasteiger partial charge is 0.258 e. The van der Waals surface area contributed by atoms with Crippen LogP contribution < -0.4 is 15.4 Å². The quantitative estimate of drug-likeness (QED) is 0.298. The van der Waals surface area contributed by atoms with E-state index in [2.05, 4.69) is 15.6 Å². The second kappa shape index (κ2) is 16.7. The van der Waals surface area contributed by atoms with Crippen LogP contribution in [0, 0.1) is 5.82 Å². The van der Waals surface area contributed by atoms with Crippen molar-refractivity contribution in [1.82, 2.24) is 30.3 Å². The molecule has 6 rings (SSSR count). The second-order valence-electron chi connectivity index (χ2n) is 13.6. The summed E-state index contributed by atoms with van der Waals surface area (Å²) in [5.41, 5.74) is 1.73. The molecule has 1 saturated heterocycles. The molecule has 0 radical (unpaired) electrons. The van der Waals surface area contributed by atoms with Gasteiger partial charge in [0.15, 0.2) is 0 Å². The van der Waals surface area contributed by atoms with E-state index in [9.17, 15) is 28.4 Å². The number of nitrogens with one attached hydrogen (secondary N) is 2. The molecule has 12 nitrogen and oxygen atoms in total. The summed E-state index contributed by atoms with van der Waals surface area (Å²) in [4.78, 5) is 75.8. The number of hydrogen-bond donors (Lipinski definition) is 2. The standard InChI is InChI=1S/C40H43FN6O6/c1-45-24-38(50)47-23-31(44-36(48)13-8-26-15-17-42-18-16-26)21-32(47)25-53-35-12-10-30(41)20-33(35)40(52)46(2)34(11-14-37(45)49)39(51)43-22-27-7-9-28-5-3-4-6-29(28)19-27/h3-7,9-10,12,15-20,31-32,34H,8,11,13-14,21-25H2,1-2H3,(H,43,51)(H,44,48)/t31-,32+,34+/m1/s1. The number of aromatic nitrogens is 1. The van der Waals surface area contributed by atoms with E-state index in [1.54, 1.807) is 17.3 Å². The average molecular weight is 723 g/mol. The fourth-order valence-electron chi connectivity index (χ4n) is 6.89. The van der Waals surface area contributed by atoms with Gasteiger partial charge in [-0.25, -0.2) is 4.39 Å². The number of aryl methyl sites for hydroxylation is 1. The molecule has 3 atom stereocenters. The lowest BCUT2D eigenvalue weighted by atomic mass is 10.0. The number of benzene rings is 3. The number of likely N-dealkylation sites (N-methyl/N-ethyl adjacent to an activating group) is 2. The van der Waals surface area contributed by atoms with Gasteiger partial charge in [-0.1, -0.05) is 36.4 Å². The maximum absolute atomic E-state index is 14.7. The summed E-state index contributed by atoms with van der Waals surface area (Å²) in [6, 6.07) is 19.0. The van der Waals surface area contributed by atoms with Gasteiger partial charge in [-0.05, 0) is 77.6 Å². The fourth-order valence-corrected chi connectivity index (χ4v) is 6.89. The van der Waals surface area contributed by atoms with E-state index in [1.807, 2.05) is 54.6 Å². The van der Waals surface area contributed by atoms with Crippen LogP contribution in [0.15, 0.2) is 85.2 Å². The van der Waals surface area contributed by atoms with E-state index in [0.29, 0.717) is 12.8 Å². The Morgan fingerprint density at radius 3 is 2.49 bits per heavy atom. The summed E-state index contributed by atoms with van der Waals surface area (Å²) in [6.45, 7) is 0.0983. The predicted molar refractivity (Wildman–Crippen MR) is 195 cm³/mol. The van der Waals surface area contributed by atoms with Crippen LogP contribution in [-0.4, -0.2) is 101 Å². The molecule has 3 heterocycles. The third kappa shape index (κ3) is 9.15. The highest BCUT2D eigenvalue weighted by molar-refractivity contribution is 5.99. The highest BCUT2D eigenvalue weighted by Crippen LogP contribution is 2.26. The third-order valence-electron chi connectivity index (χ3n) is 9.89. The molecule has 0 saturated carbocycles. The molecule has 13 heteroatoms. The first-order chi connectivity index (χ1) is 25.5. The van der Waals surface area contributed by atoms with E-state index in [0.717, 1.165) is 28.0 Å². The number of nitrogens with zero attached hydrogens (tertiary/aromatic N) is 4. The molecular formula is C40H43FN6O6. The van der Waals surface area contributed by atoms with Crippen LogP contribution in [0.3, 0.4) is 0 Å². The van der Waals surface area contributed by atoms with E-state index < -0.39 is 29.7 Å². The van der Waals surface area contributed by atoms with Crippen molar-refractivity contribution in [1.29, 1.82) is 0 Å². The van der Waals surface area contributed by atoms with Gasteiger partial charge < -0.3 is 30.1 Å². The van der Waals surface area contributed by atoms with Gasteiger partial charge in [-0.15, -0.1) is 0 Å². The number of fused-ring (bicyclic) bond motifs is 3. The number of carbonyl (C=O) groups excluding carboxylic acids is 5. The summed E-state index contributed by atoms with van der Waals surface area (Å²) >= 11 is 0. The number of carbonyl (C=O) groups is 5. The van der Waals surface area contributed by atoms with Crippen LogP contribution >= 0.6 is 0 Å². The maximum Gasteiger partial charge on any atom is 0.258 e. The molecule has 53 heavy (non-hydrogen) atoms. The van der Waals surface area contributed by atoms with Gasteiger partial charge in [-0.3, -0.25) is 29.0 Å². The monoisotopic (exact) mass is 722 g/mol. The molecule has 0 spiro atoms. The minimum atomic E-state index is -1.09. The first-order valence-corrected chi connectivity index (χ1v) is 17.7. The van der Waals surface area contributed by atoms with Gasteiger partial charge in [0.05, 0.1) is 18.2 Å². The van der Waals surface area contributed by atoms with Crippen LogP contribution in [0.4, 0.5) is 4.39 Å². The van der Waals surface area contributed by atoms with E-state index >= 15 is 0 Å². The molecule has 1 fully saturated rings. The van der Waals surface area contributed by atoms with E-state index in [1.165, 1.54) is 36.0 Å². The third-order valence-corrected chi connectivity index (χ3v) is 9.89. The molecule has 1 aromatic heterocycles. The number of ether oxygens (including phenoxy) is 1. The summed E-state index contributed by atoms with van der Waals surface area (Å²) < 4.78 is 20.8. The van der Waals surface area contributed by atoms with Crippen LogP contribution in [0.25, 0.3) is 10.8 Å². The van der Waals surface area contributed by atoms with Gasteiger partial charge in [-0.2, -0.15) is 0 Å². The number of rotatable bonds is 7. The molecule has 3 aromatic carbocycles. The molecule has 2 aliphatic heterocycles. The summed E-state index contributed by atoms with van der Waals surface area (Å²) in [5.74, 6) is -2.64. The van der Waals surface area contributed by atoms with Crippen molar-refractivity contribution < 1.29 is 33.1 Å². The Bertz CT molecular complexity index is 1990. The average Bonchev–Trinajstić information content (AvgIpc) is 3.57. The van der Waals surface area contributed by atoms with Crippen molar-refractivity contribution >= 4 is 40.3 Å². The van der Waals surface area contributed by atoms with Gasteiger partial charge in [0, 0.05) is 58.5 Å². The van der Waals surface area contributed by atoms with Crippen molar-refractivity contribution in [2.45, 2.75) is 56.8 Å². The van der Waals surface area contributed by atoms with Crippen molar-refractivity contribution in [3.05, 3.63) is 108 Å². The molecule has 0 bridgehead atoms. The number of pyridine rings is 1. The lowest BCUT2D eigenvalue weighted by Crippen LogP contribution is -2.48. The minimum absolute atomic E-state index is 0.0470. The van der Waals surface area contributed by atoms with Crippen LogP contribution in [0.5, 0.6) is 5.75 Å². The first-order valence-electron chi connectivity index (χ1n) is 17.7. The minimum Gasteiger partial charge on any atom is -0.491 e. The molecule has 2 N–H and O–H groups in total. The number of amides is 5. The second-order valence-corrected chi connectivity index (χ2v) is 13.6. The van der Waals surface area contributed by atoms with Crippen molar-refractivity contribution in [3.63, 3.8) is 0 Å². The highest BCUT2D eigenvalue weighted by atomic mass is 19.1. The van der Waals surface area contributed by atoms with Gasteiger partial charge >= 0.3 is 0 Å². The highest BCUT2D eigenvalue weighted by Gasteiger charge is 2.38. The summed E-state index contributed by atoms with van der Waals surface area (Å²) in [6.07, 6.45) is 4.31. The Hall–Kier alpha value is -5.85. The first kappa shape index (κ1) is 36.9. The van der Waals surface area contributed by atoms with Gasteiger partial charge in [0.25, 0.3) is 5.91 Å². The zero-order chi connectivity index (χ0) is 37.5. The number of hydrogen-bond acceptors (Lipinski definition) is 7. The maximum atomic E-state index is 14.7. The Morgan fingerprint density at radius 1 is 0.925 bits per heavy atom. The number of halogens is 1. The zero-order valence-electron chi connectivity index (χ0n) is 29.8. The molecule has 276 valence electrons. The fraction of sp³-hybridized carbons (Fsp3) is 0.350. The normalized spacial score (nSPS) is 19.9. The Morgan fingerprint density at radius 2 is 1.70 bits per heavy atom. The summed E-state index contributed by atoms with van der Waals surface area (Å²) in [7, 11) is 2.95. The Labute approximate surface area is 307 Å². The molecule has 0 aliphatic carbocycles. The van der Waals surface area contributed by atoms with Crippen LogP contribution in [0.2, 0.25) is 0 Å². The zero-order valence-corrected chi connectivity index (χ0v) is 29.8. The Kier molecular flexibility index (Phi) is 11.6. The van der Waals surface area contributed by atoms with Gasteiger partial charge in [0.2, 0.25) is 23.6 Å². The van der Waals surface area contributed by atoms with E-state index in [4.69, 9.17) is 4.74 Å². The Balaban J connectivity index is 1.19. The van der Waals surface area contributed by atoms with Crippen molar-refractivity contribution in [2.75, 3.05) is 33.8 Å². The van der Waals surface area contributed by atoms with Gasteiger partial charge in [0.1, 0.15) is 24.2 Å². The topological polar surface area (TPSA) is 141 Å². The summed E-state index contributed by atoms with van der Waals surface area (Å²) in [5, 5.41) is 8.00. The molecule has 5 amide bonds. The molecular weight excluding hydrogens is 679 g/mol. The van der Waals surface area contributed by atoms with Crippen molar-refractivity contribution in [3.8, 4) is 5.75 Å². The predicted octanol–water partition coefficient (Wildman–Crippen LogP) is 3.48. The SMILES string of the molecule is CN1CC(=O)N2C[C@H](NC(=O)CCc3ccncc3)C[C@H]2COc2ccc(F)cc2C(=O)N(C)[C@H](C(=O)NCc2ccc3ccccc3c2)CCC1=O. The van der Waals surface area contributed by atoms with Crippen LogP contribution in [0.1, 0.15) is 47.2 Å². The molecule has 0 unspecified atom stereocenters. The molecule has 4 aromatic rings. The van der Waals surface area contributed by atoms with Crippen molar-refractivity contribution in [2.24, 2.45) is 0 Å².